The molecule has 1 atom stereocenters. The van der Waals surface area contributed by atoms with Gasteiger partial charge in [-0.3, -0.25) is 9.78 Å². The van der Waals surface area contributed by atoms with Gasteiger partial charge in [-0.05, 0) is 43.5 Å². The number of ether oxygens (including phenoxy) is 1. The molecule has 0 saturated carbocycles. The van der Waals surface area contributed by atoms with Gasteiger partial charge in [0.05, 0.1) is 17.8 Å². The van der Waals surface area contributed by atoms with E-state index >= 15 is 0 Å². The summed E-state index contributed by atoms with van der Waals surface area (Å²) in [6, 6.07) is 9.71. The first-order chi connectivity index (χ1) is 11.3. The SMILES string of the molecule is O=C(c1ccccc1F)N1CCCCC1COc1cccnc1. The number of halogens is 1. The van der Waals surface area contributed by atoms with Crippen LogP contribution in [0, 0.1) is 5.82 Å². The minimum atomic E-state index is -0.477. The van der Waals surface area contributed by atoms with Crippen molar-refractivity contribution in [1.82, 2.24) is 9.88 Å². The lowest BCUT2D eigenvalue weighted by Gasteiger charge is -2.35. The monoisotopic (exact) mass is 314 g/mol. The number of amides is 1. The molecule has 120 valence electrons. The molecule has 1 aromatic heterocycles. The summed E-state index contributed by atoms with van der Waals surface area (Å²) in [6.07, 6.45) is 6.17. The maximum atomic E-state index is 13.9. The minimum Gasteiger partial charge on any atom is -0.490 e. The molecule has 2 heterocycles. The molecule has 0 spiro atoms. The number of likely N-dealkylation sites (tertiary alicyclic amines) is 1. The lowest BCUT2D eigenvalue weighted by atomic mass is 10.0. The van der Waals surface area contributed by atoms with Gasteiger partial charge in [0.1, 0.15) is 18.2 Å². The maximum absolute atomic E-state index is 13.9. The van der Waals surface area contributed by atoms with Crippen LogP contribution in [0.5, 0.6) is 5.75 Å². The lowest BCUT2D eigenvalue weighted by molar-refractivity contribution is 0.0523. The maximum Gasteiger partial charge on any atom is 0.257 e. The number of nitrogens with zero attached hydrogens (tertiary/aromatic N) is 2. The third-order valence-electron chi connectivity index (χ3n) is 4.07. The Bertz CT molecular complexity index is 663. The fourth-order valence-corrected chi connectivity index (χ4v) is 2.86. The van der Waals surface area contributed by atoms with E-state index in [9.17, 15) is 9.18 Å². The number of rotatable bonds is 4. The Hall–Kier alpha value is -2.43. The summed E-state index contributed by atoms with van der Waals surface area (Å²) in [7, 11) is 0. The van der Waals surface area contributed by atoms with E-state index in [1.54, 1.807) is 35.5 Å². The molecular weight excluding hydrogens is 295 g/mol. The Morgan fingerprint density at radius 2 is 2.13 bits per heavy atom. The predicted molar refractivity (Wildman–Crippen MR) is 84.8 cm³/mol. The molecule has 1 aromatic carbocycles. The molecule has 0 bridgehead atoms. The summed E-state index contributed by atoms with van der Waals surface area (Å²) in [5.74, 6) is -0.0612. The summed E-state index contributed by atoms with van der Waals surface area (Å²) in [4.78, 5) is 18.4. The molecule has 0 aliphatic carbocycles. The number of carbonyl (C=O) groups excluding carboxylic acids is 1. The van der Waals surface area contributed by atoms with Crippen LogP contribution in [0.3, 0.4) is 0 Å². The van der Waals surface area contributed by atoms with Gasteiger partial charge in [0.15, 0.2) is 0 Å². The number of piperidine rings is 1. The molecule has 5 heteroatoms. The number of carbonyl (C=O) groups is 1. The van der Waals surface area contributed by atoms with E-state index in [1.807, 2.05) is 6.07 Å². The van der Waals surface area contributed by atoms with E-state index < -0.39 is 5.82 Å². The molecule has 4 nitrogen and oxygen atoms in total. The lowest BCUT2D eigenvalue weighted by Crippen LogP contribution is -2.47. The highest BCUT2D eigenvalue weighted by Crippen LogP contribution is 2.22. The van der Waals surface area contributed by atoms with Crippen LogP contribution in [-0.2, 0) is 0 Å². The second-order valence-electron chi connectivity index (χ2n) is 5.63. The van der Waals surface area contributed by atoms with E-state index in [0.717, 1.165) is 19.3 Å². The Balaban J connectivity index is 1.71. The van der Waals surface area contributed by atoms with Crippen LogP contribution in [0.2, 0.25) is 0 Å². The fourth-order valence-electron chi connectivity index (χ4n) is 2.86. The Kier molecular flexibility index (Phi) is 4.86. The van der Waals surface area contributed by atoms with Gasteiger partial charge in [-0.1, -0.05) is 12.1 Å². The predicted octanol–water partition coefficient (Wildman–Crippen LogP) is 3.29. The molecule has 2 aromatic rings. The number of pyridine rings is 1. The van der Waals surface area contributed by atoms with Crippen LogP contribution in [0.15, 0.2) is 48.8 Å². The zero-order valence-corrected chi connectivity index (χ0v) is 12.8. The van der Waals surface area contributed by atoms with E-state index in [-0.39, 0.29) is 17.5 Å². The van der Waals surface area contributed by atoms with Crippen molar-refractivity contribution in [2.75, 3.05) is 13.2 Å². The number of hydrogen-bond acceptors (Lipinski definition) is 3. The van der Waals surface area contributed by atoms with Crippen molar-refractivity contribution in [3.8, 4) is 5.75 Å². The first-order valence-electron chi connectivity index (χ1n) is 7.84. The molecule has 0 N–H and O–H groups in total. The second-order valence-corrected chi connectivity index (χ2v) is 5.63. The average Bonchev–Trinajstić information content (AvgIpc) is 2.61. The van der Waals surface area contributed by atoms with Crippen molar-refractivity contribution in [3.05, 3.63) is 60.2 Å². The summed E-state index contributed by atoms with van der Waals surface area (Å²) < 4.78 is 19.6. The largest absolute Gasteiger partial charge is 0.490 e. The van der Waals surface area contributed by atoms with Crippen molar-refractivity contribution in [3.63, 3.8) is 0 Å². The summed E-state index contributed by atoms with van der Waals surface area (Å²) in [5.41, 5.74) is 0.126. The van der Waals surface area contributed by atoms with Gasteiger partial charge in [0.2, 0.25) is 0 Å². The number of benzene rings is 1. The van der Waals surface area contributed by atoms with Crippen LogP contribution in [-0.4, -0.2) is 35.0 Å². The van der Waals surface area contributed by atoms with Crippen molar-refractivity contribution < 1.29 is 13.9 Å². The third kappa shape index (κ3) is 3.67. The van der Waals surface area contributed by atoms with Crippen LogP contribution in [0.1, 0.15) is 29.6 Å². The molecular formula is C18H19FN2O2. The highest BCUT2D eigenvalue weighted by Gasteiger charge is 2.29. The third-order valence-corrected chi connectivity index (χ3v) is 4.07. The smallest absolute Gasteiger partial charge is 0.257 e. The van der Waals surface area contributed by atoms with Gasteiger partial charge >= 0.3 is 0 Å². The van der Waals surface area contributed by atoms with Crippen LogP contribution >= 0.6 is 0 Å². The van der Waals surface area contributed by atoms with Crippen LogP contribution < -0.4 is 4.74 Å². The second kappa shape index (κ2) is 7.22. The molecule has 1 saturated heterocycles. The highest BCUT2D eigenvalue weighted by molar-refractivity contribution is 5.94. The fraction of sp³-hybridized carbons (Fsp3) is 0.333. The van der Waals surface area contributed by atoms with Gasteiger partial charge < -0.3 is 9.64 Å². The quantitative estimate of drug-likeness (QED) is 0.869. The van der Waals surface area contributed by atoms with E-state index in [2.05, 4.69) is 4.98 Å². The first-order valence-corrected chi connectivity index (χ1v) is 7.84. The summed E-state index contributed by atoms with van der Waals surface area (Å²) >= 11 is 0. The topological polar surface area (TPSA) is 42.4 Å². The van der Waals surface area contributed by atoms with Crippen molar-refractivity contribution in [2.24, 2.45) is 0 Å². The minimum absolute atomic E-state index is 0.0453. The number of hydrogen-bond donors (Lipinski definition) is 0. The number of aromatic nitrogens is 1. The average molecular weight is 314 g/mol. The van der Waals surface area contributed by atoms with Crippen LogP contribution in [0.25, 0.3) is 0 Å². The molecule has 1 fully saturated rings. The standard InChI is InChI=1S/C18H19FN2O2/c19-17-9-2-1-8-16(17)18(22)21-11-4-3-6-14(21)13-23-15-7-5-10-20-12-15/h1-2,5,7-10,12,14H,3-4,6,11,13H2. The van der Waals surface area contributed by atoms with E-state index in [4.69, 9.17) is 4.74 Å². The van der Waals surface area contributed by atoms with E-state index in [0.29, 0.717) is 18.9 Å². The Morgan fingerprint density at radius 1 is 1.26 bits per heavy atom. The highest BCUT2D eigenvalue weighted by atomic mass is 19.1. The molecule has 1 aliphatic heterocycles. The Labute approximate surface area is 134 Å². The van der Waals surface area contributed by atoms with Crippen LogP contribution in [0.4, 0.5) is 4.39 Å². The first kappa shape index (κ1) is 15.5. The molecule has 1 amide bonds. The molecule has 23 heavy (non-hydrogen) atoms. The van der Waals surface area contributed by atoms with Gasteiger partial charge in [-0.25, -0.2) is 4.39 Å². The zero-order valence-electron chi connectivity index (χ0n) is 12.8. The molecule has 0 radical (unpaired) electrons. The van der Waals surface area contributed by atoms with Gasteiger partial charge in [-0.2, -0.15) is 0 Å². The molecule has 1 aliphatic rings. The normalized spacial score (nSPS) is 17.8. The van der Waals surface area contributed by atoms with Crippen molar-refractivity contribution in [1.29, 1.82) is 0 Å². The van der Waals surface area contributed by atoms with Gasteiger partial charge in [0.25, 0.3) is 5.91 Å². The van der Waals surface area contributed by atoms with Gasteiger partial charge in [-0.15, -0.1) is 0 Å². The Morgan fingerprint density at radius 3 is 2.91 bits per heavy atom. The van der Waals surface area contributed by atoms with Crippen molar-refractivity contribution in [2.45, 2.75) is 25.3 Å². The summed E-state index contributed by atoms with van der Waals surface area (Å²) in [5, 5.41) is 0. The van der Waals surface area contributed by atoms with Gasteiger partial charge in [0, 0.05) is 12.7 Å². The van der Waals surface area contributed by atoms with E-state index in [1.165, 1.54) is 12.1 Å². The molecule has 1 unspecified atom stereocenters. The summed E-state index contributed by atoms with van der Waals surface area (Å²) in [6.45, 7) is 1.03. The zero-order chi connectivity index (χ0) is 16.1. The molecule has 3 rings (SSSR count). The van der Waals surface area contributed by atoms with Crippen molar-refractivity contribution >= 4 is 5.91 Å².